The minimum absolute atomic E-state index is 0.0161. The number of hydrogen-bond acceptors (Lipinski definition) is 5. The number of nitrogens with one attached hydrogen (secondary N) is 1. The molecule has 1 aliphatic heterocycles. The van der Waals surface area contributed by atoms with E-state index in [1.807, 2.05) is 41.3 Å². The molecule has 2 heterocycles. The summed E-state index contributed by atoms with van der Waals surface area (Å²) < 4.78 is 7.61. The van der Waals surface area contributed by atoms with Crippen molar-refractivity contribution in [1.29, 1.82) is 0 Å². The number of amides is 1. The molecule has 0 aliphatic carbocycles. The summed E-state index contributed by atoms with van der Waals surface area (Å²) in [6, 6.07) is 15.2. The molecule has 9 heteroatoms. The number of hydrogen-bond donors (Lipinski definition) is 1. The van der Waals surface area contributed by atoms with Crippen LogP contribution in [0.2, 0.25) is 5.02 Å². The molecule has 0 saturated carbocycles. The molecule has 1 aliphatic rings. The summed E-state index contributed by atoms with van der Waals surface area (Å²) in [6.45, 7) is 2.90. The molecule has 1 amide bonds. The average molecular weight is 444 g/mol. The van der Waals surface area contributed by atoms with Gasteiger partial charge in [0.25, 0.3) is 0 Å². The molecule has 0 bridgehead atoms. The van der Waals surface area contributed by atoms with E-state index in [4.69, 9.17) is 28.6 Å². The Morgan fingerprint density at radius 2 is 1.83 bits per heavy atom. The summed E-state index contributed by atoms with van der Waals surface area (Å²) >= 11 is 11.3. The van der Waals surface area contributed by atoms with Gasteiger partial charge in [0, 0.05) is 36.8 Å². The Morgan fingerprint density at radius 3 is 2.53 bits per heavy atom. The van der Waals surface area contributed by atoms with Crippen LogP contribution in [-0.2, 0) is 11.3 Å². The van der Waals surface area contributed by atoms with Crippen LogP contribution in [0.15, 0.2) is 48.5 Å². The van der Waals surface area contributed by atoms with Crippen molar-refractivity contribution in [2.45, 2.75) is 6.54 Å². The third-order valence-electron chi connectivity index (χ3n) is 5.21. The van der Waals surface area contributed by atoms with Crippen molar-refractivity contribution < 1.29 is 9.53 Å². The lowest BCUT2D eigenvalue weighted by Crippen LogP contribution is -2.49. The maximum atomic E-state index is 13.0. The third kappa shape index (κ3) is 4.20. The number of methoxy groups -OCH3 is 1. The first-order valence-electron chi connectivity index (χ1n) is 9.63. The molecule has 1 N–H and O–H groups in total. The number of nitrogens with zero attached hydrogens (tertiary/aromatic N) is 4. The number of carbonyl (C=O) groups excluding carboxylic acids is 1. The van der Waals surface area contributed by atoms with Crippen molar-refractivity contribution in [2.24, 2.45) is 0 Å². The Morgan fingerprint density at radius 1 is 1.13 bits per heavy atom. The number of piperazine rings is 1. The third-order valence-corrected chi connectivity index (χ3v) is 5.78. The van der Waals surface area contributed by atoms with Gasteiger partial charge in [-0.1, -0.05) is 23.7 Å². The van der Waals surface area contributed by atoms with E-state index in [0.717, 1.165) is 30.1 Å². The fourth-order valence-electron chi connectivity index (χ4n) is 3.61. The molecule has 156 valence electrons. The second kappa shape index (κ2) is 8.89. The largest absolute Gasteiger partial charge is 0.495 e. The van der Waals surface area contributed by atoms with Crippen molar-refractivity contribution in [2.75, 3.05) is 38.2 Å². The zero-order valence-corrected chi connectivity index (χ0v) is 18.1. The highest BCUT2D eigenvalue weighted by molar-refractivity contribution is 7.71. The molecule has 3 aromatic rings. The van der Waals surface area contributed by atoms with Crippen LogP contribution in [0.3, 0.4) is 0 Å². The number of ether oxygens (including phenoxy) is 1. The minimum Gasteiger partial charge on any atom is -0.495 e. The first-order chi connectivity index (χ1) is 14.6. The molecule has 0 spiro atoms. The molecular formula is C21H22ClN5O2S. The Kier molecular flexibility index (Phi) is 6.06. The molecule has 1 fully saturated rings. The second-order valence-corrected chi connectivity index (χ2v) is 7.81. The maximum absolute atomic E-state index is 13.0. The van der Waals surface area contributed by atoms with Gasteiger partial charge in [0.1, 0.15) is 12.3 Å². The Balaban J connectivity index is 1.44. The van der Waals surface area contributed by atoms with Gasteiger partial charge >= 0.3 is 0 Å². The number of aromatic amines is 1. The van der Waals surface area contributed by atoms with E-state index in [2.05, 4.69) is 15.1 Å². The SMILES string of the molecule is COc1ccccc1N1CCN(C(=O)Cn2c(-c3ccc(Cl)cc3)n[nH]c2=S)CC1. The second-order valence-electron chi connectivity index (χ2n) is 6.99. The first-order valence-corrected chi connectivity index (χ1v) is 10.4. The lowest BCUT2D eigenvalue weighted by atomic mass is 10.2. The van der Waals surface area contributed by atoms with Crippen molar-refractivity contribution in [3.05, 3.63) is 58.3 Å². The van der Waals surface area contributed by atoms with E-state index >= 15 is 0 Å². The Hall–Kier alpha value is -2.84. The van der Waals surface area contributed by atoms with Crippen LogP contribution >= 0.6 is 23.8 Å². The summed E-state index contributed by atoms with van der Waals surface area (Å²) in [5.74, 6) is 1.48. The minimum atomic E-state index is 0.0161. The molecule has 2 aromatic carbocycles. The molecule has 1 aromatic heterocycles. The smallest absolute Gasteiger partial charge is 0.242 e. The molecule has 0 unspecified atom stereocenters. The summed E-state index contributed by atoms with van der Waals surface area (Å²) in [5, 5.41) is 7.73. The van der Waals surface area contributed by atoms with Crippen LogP contribution in [0.4, 0.5) is 5.69 Å². The lowest BCUT2D eigenvalue weighted by Gasteiger charge is -2.36. The van der Waals surface area contributed by atoms with Gasteiger partial charge in [0.2, 0.25) is 5.91 Å². The van der Waals surface area contributed by atoms with Gasteiger partial charge < -0.3 is 14.5 Å². The van der Waals surface area contributed by atoms with E-state index < -0.39 is 0 Å². The summed E-state index contributed by atoms with van der Waals surface area (Å²) in [5.41, 5.74) is 1.90. The summed E-state index contributed by atoms with van der Waals surface area (Å²) in [6.07, 6.45) is 0. The number of H-pyrrole nitrogens is 1. The van der Waals surface area contributed by atoms with Crippen LogP contribution in [-0.4, -0.2) is 58.9 Å². The fraction of sp³-hybridized carbons (Fsp3) is 0.286. The van der Waals surface area contributed by atoms with Crippen molar-refractivity contribution in [3.8, 4) is 17.1 Å². The van der Waals surface area contributed by atoms with Gasteiger partial charge in [0.15, 0.2) is 10.6 Å². The van der Waals surface area contributed by atoms with Gasteiger partial charge in [-0.25, -0.2) is 0 Å². The molecule has 1 saturated heterocycles. The van der Waals surface area contributed by atoms with Crippen LogP contribution in [0.25, 0.3) is 11.4 Å². The fourth-order valence-corrected chi connectivity index (χ4v) is 3.93. The van der Waals surface area contributed by atoms with Crippen molar-refractivity contribution in [3.63, 3.8) is 0 Å². The monoisotopic (exact) mass is 443 g/mol. The van der Waals surface area contributed by atoms with Crippen LogP contribution in [0, 0.1) is 4.77 Å². The number of anilines is 1. The quantitative estimate of drug-likeness (QED) is 0.610. The molecule has 0 atom stereocenters. The van der Waals surface area contributed by atoms with Gasteiger partial charge in [-0.2, -0.15) is 5.10 Å². The Labute approximate surface area is 184 Å². The molecule has 0 radical (unpaired) electrons. The number of para-hydroxylation sites is 2. The van der Waals surface area contributed by atoms with Crippen LogP contribution < -0.4 is 9.64 Å². The van der Waals surface area contributed by atoms with E-state index in [1.165, 1.54) is 0 Å². The predicted octanol–water partition coefficient (Wildman–Crippen LogP) is 3.62. The predicted molar refractivity (Wildman–Crippen MR) is 120 cm³/mol. The van der Waals surface area contributed by atoms with Crippen LogP contribution in [0.5, 0.6) is 5.75 Å². The highest BCUT2D eigenvalue weighted by Crippen LogP contribution is 2.28. The highest BCUT2D eigenvalue weighted by Gasteiger charge is 2.24. The standard InChI is InChI=1S/C21H22ClN5O2S/c1-29-18-5-3-2-4-17(18)25-10-12-26(13-11-25)19(28)14-27-20(23-24-21(27)30)15-6-8-16(22)9-7-15/h2-9H,10-14H2,1H3,(H,24,30). The van der Waals surface area contributed by atoms with Gasteiger partial charge in [-0.15, -0.1) is 0 Å². The van der Waals surface area contributed by atoms with Gasteiger partial charge in [-0.3, -0.25) is 14.5 Å². The molecule has 7 nitrogen and oxygen atoms in total. The molecular weight excluding hydrogens is 422 g/mol. The van der Waals surface area contributed by atoms with E-state index in [-0.39, 0.29) is 12.5 Å². The number of benzene rings is 2. The molecule has 30 heavy (non-hydrogen) atoms. The zero-order valence-electron chi connectivity index (χ0n) is 16.5. The number of carbonyl (C=O) groups is 1. The Bertz CT molecular complexity index is 1090. The summed E-state index contributed by atoms with van der Waals surface area (Å²) in [7, 11) is 1.67. The first kappa shape index (κ1) is 20.4. The lowest BCUT2D eigenvalue weighted by molar-refractivity contribution is -0.132. The number of aromatic nitrogens is 3. The van der Waals surface area contributed by atoms with E-state index in [0.29, 0.717) is 28.7 Å². The van der Waals surface area contributed by atoms with Crippen molar-refractivity contribution >= 4 is 35.4 Å². The maximum Gasteiger partial charge on any atom is 0.242 e. The number of halogens is 1. The van der Waals surface area contributed by atoms with E-state index in [9.17, 15) is 4.79 Å². The van der Waals surface area contributed by atoms with E-state index in [1.54, 1.807) is 23.8 Å². The van der Waals surface area contributed by atoms with Crippen LogP contribution in [0.1, 0.15) is 0 Å². The highest BCUT2D eigenvalue weighted by atomic mass is 35.5. The molecule has 4 rings (SSSR count). The number of rotatable bonds is 5. The zero-order chi connectivity index (χ0) is 21.1. The normalized spacial score (nSPS) is 14.1. The summed E-state index contributed by atoms with van der Waals surface area (Å²) in [4.78, 5) is 17.1. The van der Waals surface area contributed by atoms with Gasteiger partial charge in [-0.05, 0) is 48.6 Å². The van der Waals surface area contributed by atoms with Gasteiger partial charge in [0.05, 0.1) is 12.8 Å². The average Bonchev–Trinajstić information content (AvgIpc) is 3.14. The topological polar surface area (TPSA) is 66.4 Å². The van der Waals surface area contributed by atoms with Crippen molar-refractivity contribution in [1.82, 2.24) is 19.7 Å².